The van der Waals surface area contributed by atoms with Crippen molar-refractivity contribution in [3.05, 3.63) is 28.5 Å². The number of ether oxygens (including phenoxy) is 1. The quantitative estimate of drug-likeness (QED) is 0.921. The average Bonchev–Trinajstić information content (AvgIpc) is 2.26. The highest BCUT2D eigenvalue weighted by molar-refractivity contribution is 9.10. The number of methoxy groups -OCH3 is 1. The Bertz CT molecular complexity index is 380. The number of hydrogen-bond acceptors (Lipinski definition) is 3. The summed E-state index contributed by atoms with van der Waals surface area (Å²) in [7, 11) is 1.62. The Morgan fingerprint density at radius 2 is 2.25 bits per heavy atom. The van der Waals surface area contributed by atoms with Crippen LogP contribution >= 0.6 is 15.9 Å². The molecule has 0 saturated carbocycles. The van der Waals surface area contributed by atoms with E-state index in [-0.39, 0.29) is 11.5 Å². The third-order valence-electron chi connectivity index (χ3n) is 2.19. The second kappa shape index (κ2) is 5.41. The molecule has 1 rings (SSSR count). The third kappa shape index (κ3) is 3.90. The van der Waals surface area contributed by atoms with Crippen LogP contribution in [0.5, 0.6) is 0 Å². The van der Waals surface area contributed by atoms with Crippen molar-refractivity contribution in [3.8, 4) is 0 Å². The lowest BCUT2D eigenvalue weighted by Crippen LogP contribution is -2.39. The maximum atomic E-state index is 11.7. The molecule has 0 spiro atoms. The number of aromatic nitrogens is 1. The molecule has 0 aromatic carbocycles. The van der Waals surface area contributed by atoms with Crippen LogP contribution in [-0.2, 0) is 4.74 Å². The van der Waals surface area contributed by atoms with Gasteiger partial charge in [0.2, 0.25) is 0 Å². The minimum absolute atomic E-state index is 0.154. The van der Waals surface area contributed by atoms with Crippen molar-refractivity contribution in [2.45, 2.75) is 19.4 Å². The van der Waals surface area contributed by atoms with E-state index < -0.39 is 0 Å². The normalized spacial score (nSPS) is 11.2. The molecule has 1 aromatic rings. The number of amides is 1. The minimum atomic E-state index is -0.366. The molecule has 0 aliphatic carbocycles. The molecule has 4 nitrogen and oxygen atoms in total. The number of rotatable bonds is 4. The Morgan fingerprint density at radius 1 is 1.56 bits per heavy atom. The fourth-order valence-electron chi connectivity index (χ4n) is 1.00. The molecule has 0 unspecified atom stereocenters. The van der Waals surface area contributed by atoms with Crippen LogP contribution in [0.3, 0.4) is 0 Å². The summed E-state index contributed by atoms with van der Waals surface area (Å²) < 4.78 is 5.99. The summed E-state index contributed by atoms with van der Waals surface area (Å²) in [5, 5.41) is 2.79. The number of hydrogen-bond donors (Lipinski definition) is 1. The lowest BCUT2D eigenvalue weighted by Gasteiger charge is -2.23. The van der Waals surface area contributed by atoms with Crippen LogP contribution in [0.4, 0.5) is 0 Å². The molecular formula is C11H15BrN2O2. The number of pyridine rings is 1. The molecule has 1 heterocycles. The molecule has 0 aliphatic heterocycles. The molecule has 0 saturated heterocycles. The molecule has 1 N–H and O–H groups in total. The van der Waals surface area contributed by atoms with Gasteiger partial charge in [0.15, 0.2) is 0 Å². The summed E-state index contributed by atoms with van der Waals surface area (Å²) in [5.41, 5.74) is 0.163. The SMILES string of the molecule is COC(C)(C)CNC(=O)c1cncc(Br)c1. The number of nitrogens with zero attached hydrogens (tertiary/aromatic N) is 1. The zero-order chi connectivity index (χ0) is 12.2. The van der Waals surface area contributed by atoms with E-state index in [4.69, 9.17) is 4.74 Å². The van der Waals surface area contributed by atoms with Gasteiger partial charge in [0.05, 0.1) is 11.2 Å². The molecule has 0 radical (unpaired) electrons. The van der Waals surface area contributed by atoms with Gasteiger partial charge in [0.1, 0.15) is 0 Å². The standard InChI is InChI=1S/C11H15BrN2O2/c1-11(2,16-3)7-14-10(15)8-4-9(12)6-13-5-8/h4-6H,7H2,1-3H3,(H,14,15). The van der Waals surface area contributed by atoms with E-state index in [1.54, 1.807) is 19.4 Å². The maximum absolute atomic E-state index is 11.7. The highest BCUT2D eigenvalue weighted by Gasteiger charge is 2.17. The molecule has 1 amide bonds. The van der Waals surface area contributed by atoms with Gasteiger partial charge in [-0.15, -0.1) is 0 Å². The van der Waals surface area contributed by atoms with Crippen molar-refractivity contribution in [2.75, 3.05) is 13.7 Å². The topological polar surface area (TPSA) is 51.2 Å². The van der Waals surface area contributed by atoms with Gasteiger partial charge in [-0.05, 0) is 35.8 Å². The zero-order valence-electron chi connectivity index (χ0n) is 9.58. The van der Waals surface area contributed by atoms with Crippen LogP contribution in [0.25, 0.3) is 0 Å². The van der Waals surface area contributed by atoms with Crippen molar-refractivity contribution in [1.82, 2.24) is 10.3 Å². The van der Waals surface area contributed by atoms with Gasteiger partial charge in [-0.25, -0.2) is 0 Å². The van der Waals surface area contributed by atoms with Crippen LogP contribution in [-0.4, -0.2) is 30.1 Å². The molecule has 0 aliphatic rings. The summed E-state index contributed by atoms with van der Waals surface area (Å²) in [6, 6.07) is 1.72. The third-order valence-corrected chi connectivity index (χ3v) is 2.63. The highest BCUT2D eigenvalue weighted by atomic mass is 79.9. The molecule has 5 heteroatoms. The van der Waals surface area contributed by atoms with E-state index >= 15 is 0 Å². The Kier molecular flexibility index (Phi) is 4.44. The van der Waals surface area contributed by atoms with Gasteiger partial charge in [0, 0.05) is 30.5 Å². The van der Waals surface area contributed by atoms with E-state index in [1.807, 2.05) is 13.8 Å². The first-order valence-corrected chi connectivity index (χ1v) is 5.68. The fourth-order valence-corrected chi connectivity index (χ4v) is 1.37. The zero-order valence-corrected chi connectivity index (χ0v) is 11.2. The van der Waals surface area contributed by atoms with E-state index in [0.29, 0.717) is 12.1 Å². The van der Waals surface area contributed by atoms with Gasteiger partial charge in [-0.3, -0.25) is 9.78 Å². The van der Waals surface area contributed by atoms with E-state index in [1.165, 1.54) is 6.20 Å². The van der Waals surface area contributed by atoms with Crippen LogP contribution in [0.1, 0.15) is 24.2 Å². The van der Waals surface area contributed by atoms with Crippen molar-refractivity contribution in [3.63, 3.8) is 0 Å². The van der Waals surface area contributed by atoms with E-state index in [2.05, 4.69) is 26.2 Å². The molecule has 88 valence electrons. The monoisotopic (exact) mass is 286 g/mol. The smallest absolute Gasteiger partial charge is 0.252 e. The molecular weight excluding hydrogens is 272 g/mol. The first kappa shape index (κ1) is 13.1. The summed E-state index contributed by atoms with van der Waals surface area (Å²) in [5.74, 6) is -0.154. The average molecular weight is 287 g/mol. The second-order valence-electron chi connectivity index (χ2n) is 4.04. The van der Waals surface area contributed by atoms with Crippen LogP contribution in [0.2, 0.25) is 0 Å². The van der Waals surface area contributed by atoms with Crippen LogP contribution in [0.15, 0.2) is 22.9 Å². The lowest BCUT2D eigenvalue weighted by atomic mass is 10.1. The predicted octanol–water partition coefficient (Wildman–Crippen LogP) is 2.00. The number of halogens is 1. The predicted molar refractivity (Wildman–Crippen MR) is 65.4 cm³/mol. The van der Waals surface area contributed by atoms with E-state index in [0.717, 1.165) is 4.47 Å². The number of carbonyl (C=O) groups excluding carboxylic acids is 1. The van der Waals surface area contributed by atoms with Gasteiger partial charge in [0.25, 0.3) is 5.91 Å². The molecule has 0 bridgehead atoms. The van der Waals surface area contributed by atoms with Crippen molar-refractivity contribution < 1.29 is 9.53 Å². The Hall–Kier alpha value is -0.940. The second-order valence-corrected chi connectivity index (χ2v) is 4.95. The molecule has 16 heavy (non-hydrogen) atoms. The Labute approximate surface area is 104 Å². The van der Waals surface area contributed by atoms with Gasteiger partial charge >= 0.3 is 0 Å². The number of carbonyl (C=O) groups is 1. The highest BCUT2D eigenvalue weighted by Crippen LogP contribution is 2.10. The molecule has 1 aromatic heterocycles. The minimum Gasteiger partial charge on any atom is -0.377 e. The first-order chi connectivity index (χ1) is 7.44. The Morgan fingerprint density at radius 3 is 2.81 bits per heavy atom. The van der Waals surface area contributed by atoms with Gasteiger partial charge < -0.3 is 10.1 Å². The Balaban J connectivity index is 2.60. The van der Waals surface area contributed by atoms with E-state index in [9.17, 15) is 4.79 Å². The maximum Gasteiger partial charge on any atom is 0.252 e. The van der Waals surface area contributed by atoms with Crippen LogP contribution < -0.4 is 5.32 Å². The fraction of sp³-hybridized carbons (Fsp3) is 0.455. The molecule has 0 atom stereocenters. The van der Waals surface area contributed by atoms with Crippen molar-refractivity contribution >= 4 is 21.8 Å². The van der Waals surface area contributed by atoms with Crippen molar-refractivity contribution in [1.29, 1.82) is 0 Å². The lowest BCUT2D eigenvalue weighted by molar-refractivity contribution is 0.0228. The number of nitrogens with one attached hydrogen (secondary N) is 1. The van der Waals surface area contributed by atoms with Gasteiger partial charge in [-0.1, -0.05) is 0 Å². The summed E-state index contributed by atoms with van der Waals surface area (Å²) in [6.07, 6.45) is 3.16. The first-order valence-electron chi connectivity index (χ1n) is 4.88. The van der Waals surface area contributed by atoms with Crippen molar-refractivity contribution in [2.24, 2.45) is 0 Å². The van der Waals surface area contributed by atoms with Gasteiger partial charge in [-0.2, -0.15) is 0 Å². The molecule has 0 fully saturated rings. The largest absolute Gasteiger partial charge is 0.377 e. The summed E-state index contributed by atoms with van der Waals surface area (Å²) in [6.45, 7) is 4.27. The van der Waals surface area contributed by atoms with Crippen LogP contribution in [0, 0.1) is 0 Å². The summed E-state index contributed by atoms with van der Waals surface area (Å²) >= 11 is 3.27. The summed E-state index contributed by atoms with van der Waals surface area (Å²) in [4.78, 5) is 15.7.